The lowest BCUT2D eigenvalue weighted by atomic mass is 10.0. The number of fused-ring (bicyclic) bond motifs is 4. The molecule has 0 saturated carbocycles. The second-order valence-electron chi connectivity index (χ2n) is 6.77. The minimum absolute atomic E-state index is 0.0665. The van der Waals surface area contributed by atoms with Gasteiger partial charge in [-0.25, -0.2) is 14.4 Å². The van der Waals surface area contributed by atoms with Gasteiger partial charge in [0, 0.05) is 24.3 Å². The number of rotatable bonds is 2. The van der Waals surface area contributed by atoms with Crippen LogP contribution in [0, 0.1) is 5.82 Å². The second-order valence-corrected chi connectivity index (χ2v) is 7.66. The lowest BCUT2D eigenvalue weighted by Gasteiger charge is -2.45. The van der Waals surface area contributed by atoms with Crippen LogP contribution in [0.5, 0.6) is 0 Å². The highest BCUT2D eigenvalue weighted by Crippen LogP contribution is 2.37. The van der Waals surface area contributed by atoms with Crippen LogP contribution in [0.3, 0.4) is 0 Å². The Morgan fingerprint density at radius 2 is 2.03 bits per heavy atom. The molecule has 2 atom stereocenters. The highest BCUT2D eigenvalue weighted by Gasteiger charge is 2.45. The molecule has 2 aliphatic rings. The number of morpholine rings is 1. The Hall–Kier alpha value is -2.93. The van der Waals surface area contributed by atoms with E-state index >= 15 is 0 Å². The van der Waals surface area contributed by atoms with E-state index in [-0.39, 0.29) is 19.8 Å². The van der Waals surface area contributed by atoms with Gasteiger partial charge in [-0.05, 0) is 6.07 Å². The van der Waals surface area contributed by atoms with Crippen LogP contribution in [0.25, 0.3) is 10.8 Å². The van der Waals surface area contributed by atoms with Crippen LogP contribution in [-0.4, -0.2) is 54.8 Å². The van der Waals surface area contributed by atoms with Gasteiger partial charge < -0.3 is 14.2 Å². The van der Waals surface area contributed by atoms with E-state index in [9.17, 15) is 22.4 Å². The minimum Gasteiger partial charge on any atom is -0.377 e. The van der Waals surface area contributed by atoms with Crippen molar-refractivity contribution in [3.8, 4) is 10.8 Å². The first-order valence-corrected chi connectivity index (χ1v) is 9.69. The fourth-order valence-corrected chi connectivity index (χ4v) is 4.40. The van der Waals surface area contributed by atoms with Gasteiger partial charge in [0.05, 0.1) is 24.8 Å². The van der Waals surface area contributed by atoms with Crippen molar-refractivity contribution in [1.82, 2.24) is 29.6 Å². The molecule has 1 saturated heterocycles. The zero-order valence-electron chi connectivity index (χ0n) is 15.0. The van der Waals surface area contributed by atoms with Crippen molar-refractivity contribution in [3.05, 3.63) is 46.7 Å². The van der Waals surface area contributed by atoms with Crippen LogP contribution in [0.15, 0.2) is 23.8 Å². The van der Waals surface area contributed by atoms with Gasteiger partial charge in [0.15, 0.2) is 28.2 Å². The molecule has 13 heteroatoms. The Bertz CT molecular complexity index is 1120. The Kier molecular flexibility index (Phi) is 4.32. The molecule has 2 bridgehead atoms. The molecule has 3 aromatic heterocycles. The first-order valence-electron chi connectivity index (χ1n) is 8.81. The summed E-state index contributed by atoms with van der Waals surface area (Å²) in [5, 5.41) is 10.8. The number of alkyl halides is 3. The summed E-state index contributed by atoms with van der Waals surface area (Å²) in [5.41, 5.74) is -2.41. The number of hydrogen-bond acceptors (Lipinski definition) is 7. The fraction of sp³-hybridized carbons (Fsp3) is 0.353. The zero-order chi connectivity index (χ0) is 21.0. The van der Waals surface area contributed by atoms with E-state index in [0.717, 1.165) is 12.3 Å². The maximum Gasteiger partial charge on any atom is 0.436 e. The first-order chi connectivity index (χ1) is 14.4. The summed E-state index contributed by atoms with van der Waals surface area (Å²) < 4.78 is 61.0. The maximum absolute atomic E-state index is 14.5. The molecular weight excluding hydrogens is 428 g/mol. The molecule has 0 radical (unpaired) electrons. The quantitative estimate of drug-likeness (QED) is 0.570. The molecule has 0 N–H and O–H groups in total. The number of halogens is 4. The predicted molar refractivity (Wildman–Crippen MR) is 93.8 cm³/mol. The summed E-state index contributed by atoms with van der Waals surface area (Å²) in [6, 6.07) is -0.294. The molecule has 1 fully saturated rings. The van der Waals surface area contributed by atoms with Crippen LogP contribution in [0.2, 0.25) is 0 Å². The highest BCUT2D eigenvalue weighted by molar-refractivity contribution is 7.13. The van der Waals surface area contributed by atoms with E-state index in [1.807, 2.05) is 4.57 Å². The van der Waals surface area contributed by atoms with E-state index in [1.165, 1.54) is 16.2 Å². The molecule has 5 rings (SSSR count). The Labute approximate surface area is 170 Å². The van der Waals surface area contributed by atoms with Crippen molar-refractivity contribution < 1.29 is 27.1 Å². The number of nitrogens with zero attached hydrogens (tertiary/aromatic N) is 6. The Morgan fingerprint density at radius 1 is 1.20 bits per heavy atom. The maximum atomic E-state index is 14.5. The van der Waals surface area contributed by atoms with Crippen LogP contribution >= 0.6 is 11.3 Å². The molecule has 3 aromatic rings. The zero-order valence-corrected chi connectivity index (χ0v) is 15.8. The fourth-order valence-electron chi connectivity index (χ4n) is 3.77. The number of hydrogen-bond donors (Lipinski definition) is 0. The molecular formula is C17H12F4N6O2S. The van der Waals surface area contributed by atoms with Crippen LogP contribution in [-0.2, 0) is 17.5 Å². The van der Waals surface area contributed by atoms with E-state index < -0.39 is 41.2 Å². The summed E-state index contributed by atoms with van der Waals surface area (Å²) >= 11 is 1.38. The third-order valence-corrected chi connectivity index (χ3v) is 5.80. The molecule has 2 unspecified atom stereocenters. The van der Waals surface area contributed by atoms with Crippen LogP contribution in [0.4, 0.5) is 17.6 Å². The van der Waals surface area contributed by atoms with E-state index in [2.05, 4.69) is 20.2 Å². The monoisotopic (exact) mass is 440 g/mol. The van der Waals surface area contributed by atoms with Crippen molar-refractivity contribution in [2.45, 2.75) is 24.8 Å². The SMILES string of the molecule is O=C(c1ccnc(C(F)(F)F)c1F)N1C2COCC1c1nnc(-c3nccs3)n1C2. The van der Waals surface area contributed by atoms with Crippen molar-refractivity contribution in [1.29, 1.82) is 0 Å². The highest BCUT2D eigenvalue weighted by atomic mass is 32.1. The molecule has 2 aliphatic heterocycles. The summed E-state index contributed by atoms with van der Waals surface area (Å²) in [7, 11) is 0. The molecule has 1 amide bonds. The summed E-state index contributed by atoms with van der Waals surface area (Å²) in [5.74, 6) is -1.61. The number of aromatic nitrogens is 5. The first kappa shape index (κ1) is 19.1. The lowest BCUT2D eigenvalue weighted by molar-refractivity contribution is -0.143. The third kappa shape index (κ3) is 2.88. The standard InChI is InChI=1S/C17H12F4N6O2S/c18-11-9(1-2-22-12(11)17(19,20)21)16(28)27-8-5-26-13(10(27)7-29-6-8)24-25-14(26)15-23-3-4-30-15/h1-4,8,10H,5-7H2. The van der Waals surface area contributed by atoms with Gasteiger partial charge in [0.1, 0.15) is 6.04 Å². The summed E-state index contributed by atoms with van der Waals surface area (Å²) in [6.07, 6.45) is -2.60. The Balaban J connectivity index is 1.55. The topological polar surface area (TPSA) is 86.0 Å². The average Bonchev–Trinajstić information content (AvgIpc) is 3.35. The lowest BCUT2D eigenvalue weighted by Crippen LogP contribution is -2.56. The molecule has 30 heavy (non-hydrogen) atoms. The molecule has 0 spiro atoms. The predicted octanol–water partition coefficient (Wildman–Crippen LogP) is 2.55. The van der Waals surface area contributed by atoms with Crippen molar-refractivity contribution in [2.75, 3.05) is 13.2 Å². The molecule has 5 heterocycles. The van der Waals surface area contributed by atoms with Crippen LogP contribution < -0.4 is 0 Å². The average molecular weight is 440 g/mol. The largest absolute Gasteiger partial charge is 0.436 e. The Morgan fingerprint density at radius 3 is 2.77 bits per heavy atom. The van der Waals surface area contributed by atoms with Crippen molar-refractivity contribution >= 4 is 17.2 Å². The number of thiazole rings is 1. The van der Waals surface area contributed by atoms with Gasteiger partial charge in [0.25, 0.3) is 5.91 Å². The van der Waals surface area contributed by atoms with Gasteiger partial charge in [0.2, 0.25) is 0 Å². The van der Waals surface area contributed by atoms with Crippen LogP contribution in [0.1, 0.15) is 27.9 Å². The number of amides is 1. The summed E-state index contributed by atoms with van der Waals surface area (Å²) in [4.78, 5) is 21.7. The molecule has 8 nitrogen and oxygen atoms in total. The number of ether oxygens (including phenoxy) is 1. The number of carbonyl (C=O) groups excluding carboxylic acids is 1. The van der Waals surface area contributed by atoms with E-state index in [0.29, 0.717) is 16.7 Å². The third-order valence-electron chi connectivity index (χ3n) is 5.03. The minimum atomic E-state index is -5.01. The second kappa shape index (κ2) is 6.80. The van der Waals surface area contributed by atoms with Gasteiger partial charge in [-0.3, -0.25) is 4.79 Å². The number of carbonyl (C=O) groups is 1. The number of pyridine rings is 1. The molecule has 156 valence electrons. The summed E-state index contributed by atoms with van der Waals surface area (Å²) in [6.45, 7) is 0.464. The van der Waals surface area contributed by atoms with Gasteiger partial charge in [-0.2, -0.15) is 13.2 Å². The molecule has 0 aromatic carbocycles. The van der Waals surface area contributed by atoms with E-state index in [1.54, 1.807) is 11.6 Å². The van der Waals surface area contributed by atoms with Crippen molar-refractivity contribution in [2.24, 2.45) is 0 Å². The van der Waals surface area contributed by atoms with Gasteiger partial charge in [-0.15, -0.1) is 21.5 Å². The van der Waals surface area contributed by atoms with Gasteiger partial charge in [-0.1, -0.05) is 0 Å². The van der Waals surface area contributed by atoms with Crippen molar-refractivity contribution in [3.63, 3.8) is 0 Å². The smallest absolute Gasteiger partial charge is 0.377 e. The molecule has 0 aliphatic carbocycles. The van der Waals surface area contributed by atoms with E-state index in [4.69, 9.17) is 4.74 Å². The van der Waals surface area contributed by atoms with Gasteiger partial charge >= 0.3 is 6.18 Å². The normalized spacial score (nSPS) is 20.9.